The van der Waals surface area contributed by atoms with Gasteiger partial charge in [-0.25, -0.2) is 9.50 Å². The molecule has 0 bridgehead atoms. The predicted octanol–water partition coefficient (Wildman–Crippen LogP) is 1.78. The van der Waals surface area contributed by atoms with Crippen LogP contribution >= 0.6 is 0 Å². The molecule has 0 aliphatic carbocycles. The number of aryl methyl sites for hydroxylation is 1. The van der Waals surface area contributed by atoms with Crippen molar-refractivity contribution in [3.63, 3.8) is 0 Å². The third-order valence-corrected chi connectivity index (χ3v) is 4.40. The number of likely N-dealkylation sites (tertiary alicyclic amines) is 1. The van der Waals surface area contributed by atoms with Crippen LogP contribution in [-0.2, 0) is 0 Å². The van der Waals surface area contributed by atoms with Crippen LogP contribution in [0.2, 0.25) is 0 Å². The van der Waals surface area contributed by atoms with Crippen LogP contribution in [0, 0.1) is 6.92 Å². The molecule has 23 heavy (non-hydrogen) atoms. The highest BCUT2D eigenvalue weighted by Crippen LogP contribution is 2.27. The van der Waals surface area contributed by atoms with Crippen molar-refractivity contribution in [1.29, 1.82) is 0 Å². The minimum Gasteiger partial charge on any atom is -0.337 e. The summed E-state index contributed by atoms with van der Waals surface area (Å²) in [5, 5.41) is 10.9. The zero-order valence-electron chi connectivity index (χ0n) is 12.9. The predicted molar refractivity (Wildman–Crippen MR) is 84.2 cm³/mol. The first-order valence-corrected chi connectivity index (χ1v) is 7.82. The smallest absolute Gasteiger partial charge is 0.271 e. The molecule has 0 unspecified atom stereocenters. The van der Waals surface area contributed by atoms with Crippen molar-refractivity contribution >= 4 is 11.6 Å². The fourth-order valence-electron chi connectivity index (χ4n) is 3.16. The summed E-state index contributed by atoms with van der Waals surface area (Å²) in [6, 6.07) is 5.74. The van der Waals surface area contributed by atoms with Gasteiger partial charge in [-0.05, 0) is 31.9 Å². The molecule has 7 heteroatoms. The van der Waals surface area contributed by atoms with Crippen LogP contribution in [0.15, 0.2) is 30.6 Å². The highest BCUT2D eigenvalue weighted by molar-refractivity contribution is 5.92. The van der Waals surface area contributed by atoms with E-state index in [4.69, 9.17) is 4.98 Å². The van der Waals surface area contributed by atoms with Crippen molar-refractivity contribution in [3.05, 3.63) is 47.7 Å². The summed E-state index contributed by atoms with van der Waals surface area (Å²) in [6.07, 6.45) is 5.42. The molecular weight excluding hydrogens is 292 g/mol. The van der Waals surface area contributed by atoms with Gasteiger partial charge in [-0.3, -0.25) is 9.89 Å². The Balaban J connectivity index is 1.47. The van der Waals surface area contributed by atoms with Gasteiger partial charge in [0.25, 0.3) is 5.91 Å². The molecule has 0 aromatic carbocycles. The van der Waals surface area contributed by atoms with Gasteiger partial charge in [0.1, 0.15) is 5.69 Å². The fraction of sp³-hybridized carbons (Fsp3) is 0.375. The van der Waals surface area contributed by atoms with Crippen LogP contribution in [-0.4, -0.2) is 48.7 Å². The molecule has 7 nitrogen and oxygen atoms in total. The van der Waals surface area contributed by atoms with Gasteiger partial charge in [-0.1, -0.05) is 0 Å². The molecule has 3 aromatic heterocycles. The Morgan fingerprint density at radius 2 is 2.13 bits per heavy atom. The third kappa shape index (κ3) is 2.58. The lowest BCUT2D eigenvalue weighted by Crippen LogP contribution is -2.38. The Labute approximate surface area is 133 Å². The summed E-state index contributed by atoms with van der Waals surface area (Å²) in [6.45, 7) is 3.45. The largest absolute Gasteiger partial charge is 0.337 e. The van der Waals surface area contributed by atoms with E-state index in [-0.39, 0.29) is 5.91 Å². The fourth-order valence-corrected chi connectivity index (χ4v) is 3.16. The van der Waals surface area contributed by atoms with Crippen molar-refractivity contribution in [2.24, 2.45) is 0 Å². The number of aromatic nitrogens is 5. The highest BCUT2D eigenvalue weighted by Gasteiger charge is 2.26. The van der Waals surface area contributed by atoms with Crippen LogP contribution in [0.1, 0.15) is 40.6 Å². The number of nitrogens with zero attached hydrogens (tertiary/aromatic N) is 5. The Kier molecular flexibility index (Phi) is 3.33. The molecule has 0 saturated carbocycles. The van der Waals surface area contributed by atoms with Gasteiger partial charge >= 0.3 is 0 Å². The van der Waals surface area contributed by atoms with Gasteiger partial charge in [0.15, 0.2) is 5.65 Å². The maximum Gasteiger partial charge on any atom is 0.271 e. The molecule has 0 radical (unpaired) electrons. The first kappa shape index (κ1) is 13.9. The normalized spacial score (nSPS) is 16.1. The molecule has 4 rings (SSSR count). The second-order valence-electron chi connectivity index (χ2n) is 5.98. The summed E-state index contributed by atoms with van der Waals surface area (Å²) in [4.78, 5) is 18.9. The van der Waals surface area contributed by atoms with Crippen LogP contribution in [0.3, 0.4) is 0 Å². The average molecular weight is 310 g/mol. The van der Waals surface area contributed by atoms with Crippen LogP contribution < -0.4 is 0 Å². The van der Waals surface area contributed by atoms with Gasteiger partial charge in [-0.15, -0.1) is 0 Å². The molecule has 118 valence electrons. The minimum absolute atomic E-state index is 0.0239. The van der Waals surface area contributed by atoms with Crippen LogP contribution in [0.25, 0.3) is 5.65 Å². The van der Waals surface area contributed by atoms with Crippen molar-refractivity contribution in [3.8, 4) is 0 Å². The summed E-state index contributed by atoms with van der Waals surface area (Å²) in [5.74, 6) is 0.414. The first-order chi connectivity index (χ1) is 11.2. The number of hydrogen-bond donors (Lipinski definition) is 1. The second kappa shape index (κ2) is 5.49. The van der Waals surface area contributed by atoms with Gasteiger partial charge in [0.2, 0.25) is 0 Å². The molecule has 1 amide bonds. The minimum atomic E-state index is 0.0239. The van der Waals surface area contributed by atoms with Crippen LogP contribution in [0.4, 0.5) is 0 Å². The zero-order chi connectivity index (χ0) is 15.8. The van der Waals surface area contributed by atoms with E-state index >= 15 is 0 Å². The van der Waals surface area contributed by atoms with Gasteiger partial charge < -0.3 is 4.90 Å². The summed E-state index contributed by atoms with van der Waals surface area (Å²) >= 11 is 0. The molecule has 0 atom stereocenters. The van der Waals surface area contributed by atoms with Crippen molar-refractivity contribution in [2.75, 3.05) is 13.1 Å². The molecular formula is C16H18N6O. The van der Waals surface area contributed by atoms with E-state index in [2.05, 4.69) is 15.3 Å². The summed E-state index contributed by atoms with van der Waals surface area (Å²) < 4.78 is 1.80. The zero-order valence-corrected chi connectivity index (χ0v) is 12.9. The third-order valence-electron chi connectivity index (χ3n) is 4.40. The number of aromatic amines is 1. The number of piperidine rings is 1. The van der Waals surface area contributed by atoms with Gasteiger partial charge in [-0.2, -0.15) is 10.2 Å². The van der Waals surface area contributed by atoms with E-state index in [0.717, 1.165) is 43.0 Å². The molecule has 1 N–H and O–H groups in total. The number of carbonyl (C=O) groups excluding carboxylic acids is 1. The number of H-pyrrole nitrogens is 1. The van der Waals surface area contributed by atoms with E-state index < -0.39 is 0 Å². The number of rotatable bonds is 2. The lowest BCUT2D eigenvalue weighted by atomic mass is 9.93. The SMILES string of the molecule is Cc1cc2nc(C3CCN(C(=O)c4ccn[nH]4)CC3)ccn2n1. The highest BCUT2D eigenvalue weighted by atomic mass is 16.2. The Morgan fingerprint density at radius 3 is 2.87 bits per heavy atom. The molecule has 0 spiro atoms. The van der Waals surface area contributed by atoms with Gasteiger partial charge in [0, 0.05) is 43.2 Å². The van der Waals surface area contributed by atoms with Gasteiger partial charge in [0.05, 0.1) is 5.69 Å². The molecule has 4 heterocycles. The monoisotopic (exact) mass is 310 g/mol. The van der Waals surface area contributed by atoms with Crippen molar-refractivity contribution in [2.45, 2.75) is 25.7 Å². The first-order valence-electron chi connectivity index (χ1n) is 7.82. The van der Waals surface area contributed by atoms with Crippen LogP contribution in [0.5, 0.6) is 0 Å². The Morgan fingerprint density at radius 1 is 1.30 bits per heavy atom. The number of fused-ring (bicyclic) bond motifs is 1. The van der Waals surface area contributed by atoms with E-state index in [9.17, 15) is 4.79 Å². The lowest BCUT2D eigenvalue weighted by molar-refractivity contribution is 0.0706. The maximum absolute atomic E-state index is 12.3. The number of carbonyl (C=O) groups is 1. The molecule has 1 fully saturated rings. The lowest BCUT2D eigenvalue weighted by Gasteiger charge is -2.31. The molecule has 3 aromatic rings. The van der Waals surface area contributed by atoms with E-state index in [1.807, 2.05) is 30.2 Å². The van der Waals surface area contributed by atoms with E-state index in [1.54, 1.807) is 16.8 Å². The van der Waals surface area contributed by atoms with E-state index in [1.165, 1.54) is 0 Å². The number of amides is 1. The quantitative estimate of drug-likeness (QED) is 0.782. The number of nitrogens with one attached hydrogen (secondary N) is 1. The Hall–Kier alpha value is -2.70. The molecule has 1 aliphatic rings. The topological polar surface area (TPSA) is 79.2 Å². The number of hydrogen-bond acceptors (Lipinski definition) is 4. The van der Waals surface area contributed by atoms with E-state index in [0.29, 0.717) is 11.6 Å². The molecule has 1 saturated heterocycles. The Bertz CT molecular complexity index is 830. The summed E-state index contributed by atoms with van der Waals surface area (Å²) in [7, 11) is 0. The standard InChI is InChI=1S/C16H18N6O/c1-11-10-15-18-13(5-9-22(15)20-11)12-3-7-21(8-4-12)16(23)14-2-6-17-19-14/h2,5-6,9-10,12H,3-4,7-8H2,1H3,(H,17,19). The summed E-state index contributed by atoms with van der Waals surface area (Å²) in [5.41, 5.74) is 3.49. The average Bonchev–Trinajstić information content (AvgIpc) is 3.22. The van der Waals surface area contributed by atoms with Crippen molar-refractivity contribution in [1.82, 2.24) is 29.7 Å². The maximum atomic E-state index is 12.3. The van der Waals surface area contributed by atoms with Crippen molar-refractivity contribution < 1.29 is 4.79 Å². The second-order valence-corrected chi connectivity index (χ2v) is 5.98. The molecule has 1 aliphatic heterocycles.